The molecule has 0 heterocycles. The topological polar surface area (TPSA) is 35.2 Å². The van der Waals surface area contributed by atoms with Gasteiger partial charge >= 0.3 is 0 Å². The standard InChI is InChI=1S/C13H9Cl2NOS/c14-8-2-1-3-10(6-8)17-12-5-4-9(15)7-11(12)13(16)18/h1-7H,(H2,16,18). The summed E-state index contributed by atoms with van der Waals surface area (Å²) in [5.74, 6) is 1.16. The van der Waals surface area contributed by atoms with Crippen molar-refractivity contribution >= 4 is 40.4 Å². The van der Waals surface area contributed by atoms with Gasteiger partial charge in [0.25, 0.3) is 0 Å². The van der Waals surface area contributed by atoms with Crippen molar-refractivity contribution in [1.29, 1.82) is 0 Å². The minimum Gasteiger partial charge on any atom is -0.457 e. The number of thiocarbonyl (C=S) groups is 1. The molecule has 92 valence electrons. The largest absolute Gasteiger partial charge is 0.457 e. The fraction of sp³-hybridized carbons (Fsp3) is 0. The SMILES string of the molecule is NC(=S)c1cc(Cl)ccc1Oc1cccc(Cl)c1. The summed E-state index contributed by atoms with van der Waals surface area (Å²) in [7, 11) is 0. The summed E-state index contributed by atoms with van der Waals surface area (Å²) >= 11 is 16.7. The van der Waals surface area contributed by atoms with Gasteiger partial charge in [0.2, 0.25) is 0 Å². The molecule has 0 atom stereocenters. The van der Waals surface area contributed by atoms with Gasteiger partial charge in [0.05, 0.1) is 5.56 Å². The average molecular weight is 298 g/mol. The van der Waals surface area contributed by atoms with Gasteiger partial charge in [-0.2, -0.15) is 0 Å². The van der Waals surface area contributed by atoms with Crippen LogP contribution in [0.25, 0.3) is 0 Å². The predicted molar refractivity (Wildman–Crippen MR) is 78.9 cm³/mol. The molecule has 2 rings (SSSR count). The van der Waals surface area contributed by atoms with Crippen LogP contribution in [0.2, 0.25) is 10.0 Å². The van der Waals surface area contributed by atoms with E-state index >= 15 is 0 Å². The molecule has 0 bridgehead atoms. The van der Waals surface area contributed by atoms with Crippen LogP contribution in [0.5, 0.6) is 11.5 Å². The van der Waals surface area contributed by atoms with Crippen LogP contribution >= 0.6 is 35.4 Å². The molecule has 0 unspecified atom stereocenters. The molecule has 0 aromatic heterocycles. The first-order valence-electron chi connectivity index (χ1n) is 5.09. The number of benzene rings is 2. The molecule has 2 N–H and O–H groups in total. The zero-order valence-corrected chi connectivity index (χ0v) is 11.5. The van der Waals surface area contributed by atoms with Crippen molar-refractivity contribution in [3.05, 3.63) is 58.1 Å². The van der Waals surface area contributed by atoms with E-state index in [1.54, 1.807) is 42.5 Å². The molecular formula is C13H9Cl2NOS. The molecule has 2 nitrogen and oxygen atoms in total. The van der Waals surface area contributed by atoms with Crippen molar-refractivity contribution in [3.8, 4) is 11.5 Å². The number of ether oxygens (including phenoxy) is 1. The van der Waals surface area contributed by atoms with Crippen LogP contribution in [0.15, 0.2) is 42.5 Å². The van der Waals surface area contributed by atoms with E-state index in [0.717, 1.165) is 0 Å². The zero-order chi connectivity index (χ0) is 13.1. The van der Waals surface area contributed by atoms with E-state index in [0.29, 0.717) is 27.1 Å². The second-order valence-electron chi connectivity index (χ2n) is 3.56. The third kappa shape index (κ3) is 3.13. The molecule has 2 aromatic rings. The summed E-state index contributed by atoms with van der Waals surface area (Å²) in [6.45, 7) is 0. The lowest BCUT2D eigenvalue weighted by molar-refractivity contribution is 0.482. The van der Waals surface area contributed by atoms with Crippen LogP contribution < -0.4 is 10.5 Å². The van der Waals surface area contributed by atoms with Gasteiger partial charge in [-0.25, -0.2) is 0 Å². The Labute approximate surface area is 120 Å². The highest BCUT2D eigenvalue weighted by Crippen LogP contribution is 2.29. The average Bonchev–Trinajstić information content (AvgIpc) is 2.31. The van der Waals surface area contributed by atoms with Crippen molar-refractivity contribution in [2.75, 3.05) is 0 Å². The molecule has 0 aliphatic rings. The Bertz CT molecular complexity index is 601. The molecule has 0 aliphatic carbocycles. The quantitative estimate of drug-likeness (QED) is 0.852. The van der Waals surface area contributed by atoms with E-state index in [-0.39, 0.29) is 4.99 Å². The smallest absolute Gasteiger partial charge is 0.137 e. The summed E-state index contributed by atoms with van der Waals surface area (Å²) in [6, 6.07) is 12.2. The molecule has 5 heteroatoms. The van der Waals surface area contributed by atoms with E-state index in [9.17, 15) is 0 Å². The second-order valence-corrected chi connectivity index (χ2v) is 4.88. The van der Waals surface area contributed by atoms with E-state index in [1.165, 1.54) is 0 Å². The van der Waals surface area contributed by atoms with Crippen LogP contribution in [0, 0.1) is 0 Å². The molecule has 0 saturated heterocycles. The third-order valence-corrected chi connectivity index (χ3v) is 2.92. The molecule has 0 aliphatic heterocycles. The van der Waals surface area contributed by atoms with E-state index < -0.39 is 0 Å². The van der Waals surface area contributed by atoms with Crippen molar-refractivity contribution in [3.63, 3.8) is 0 Å². The minimum absolute atomic E-state index is 0.231. The van der Waals surface area contributed by atoms with Gasteiger partial charge in [0, 0.05) is 10.0 Å². The van der Waals surface area contributed by atoms with Crippen LogP contribution in [0.4, 0.5) is 0 Å². The number of hydrogen-bond acceptors (Lipinski definition) is 2. The van der Waals surface area contributed by atoms with Gasteiger partial charge in [-0.15, -0.1) is 0 Å². The molecule has 0 radical (unpaired) electrons. The highest BCUT2D eigenvalue weighted by Gasteiger charge is 2.08. The zero-order valence-electron chi connectivity index (χ0n) is 9.19. The van der Waals surface area contributed by atoms with Gasteiger partial charge in [0.1, 0.15) is 16.5 Å². The van der Waals surface area contributed by atoms with Crippen molar-refractivity contribution in [1.82, 2.24) is 0 Å². The van der Waals surface area contributed by atoms with Gasteiger partial charge in [-0.1, -0.05) is 41.5 Å². The Morgan fingerprint density at radius 3 is 2.44 bits per heavy atom. The molecule has 18 heavy (non-hydrogen) atoms. The summed E-state index contributed by atoms with van der Waals surface area (Å²) < 4.78 is 5.70. The highest BCUT2D eigenvalue weighted by atomic mass is 35.5. The first kappa shape index (κ1) is 13.1. The summed E-state index contributed by atoms with van der Waals surface area (Å²) in [6.07, 6.45) is 0. The molecule has 0 amide bonds. The number of rotatable bonds is 3. The van der Waals surface area contributed by atoms with Crippen LogP contribution in [-0.4, -0.2) is 4.99 Å². The first-order valence-corrected chi connectivity index (χ1v) is 6.25. The lowest BCUT2D eigenvalue weighted by Gasteiger charge is -2.10. The molecule has 2 aromatic carbocycles. The summed E-state index contributed by atoms with van der Waals surface area (Å²) in [5.41, 5.74) is 6.23. The maximum Gasteiger partial charge on any atom is 0.137 e. The van der Waals surface area contributed by atoms with Gasteiger partial charge < -0.3 is 10.5 Å². The van der Waals surface area contributed by atoms with Crippen molar-refractivity contribution in [2.45, 2.75) is 0 Å². The Morgan fingerprint density at radius 2 is 1.78 bits per heavy atom. The molecule has 0 saturated carbocycles. The monoisotopic (exact) mass is 297 g/mol. The maximum absolute atomic E-state index is 5.90. The number of nitrogens with two attached hydrogens (primary N) is 1. The Balaban J connectivity index is 2.37. The summed E-state index contributed by atoms with van der Waals surface area (Å²) in [4.78, 5) is 0.231. The van der Waals surface area contributed by atoms with Gasteiger partial charge in [-0.3, -0.25) is 0 Å². The number of hydrogen-bond donors (Lipinski definition) is 1. The van der Waals surface area contributed by atoms with E-state index in [4.69, 9.17) is 45.9 Å². The van der Waals surface area contributed by atoms with Gasteiger partial charge in [-0.05, 0) is 36.4 Å². The fourth-order valence-electron chi connectivity index (χ4n) is 1.44. The normalized spacial score (nSPS) is 10.1. The lowest BCUT2D eigenvalue weighted by atomic mass is 10.2. The second kappa shape index (κ2) is 5.57. The minimum atomic E-state index is 0.231. The Hall–Kier alpha value is -1.29. The third-order valence-electron chi connectivity index (χ3n) is 2.23. The molecule has 0 fully saturated rings. The molecule has 0 spiro atoms. The molecular weight excluding hydrogens is 289 g/mol. The van der Waals surface area contributed by atoms with E-state index in [2.05, 4.69) is 0 Å². The van der Waals surface area contributed by atoms with Crippen molar-refractivity contribution in [2.24, 2.45) is 5.73 Å². The van der Waals surface area contributed by atoms with E-state index in [1.807, 2.05) is 0 Å². The van der Waals surface area contributed by atoms with Gasteiger partial charge in [0.15, 0.2) is 0 Å². The van der Waals surface area contributed by atoms with Crippen LogP contribution in [0.3, 0.4) is 0 Å². The maximum atomic E-state index is 5.90. The van der Waals surface area contributed by atoms with Crippen LogP contribution in [-0.2, 0) is 0 Å². The Morgan fingerprint density at radius 1 is 1.06 bits per heavy atom. The summed E-state index contributed by atoms with van der Waals surface area (Å²) in [5, 5.41) is 1.15. The lowest BCUT2D eigenvalue weighted by Crippen LogP contribution is -2.10. The highest BCUT2D eigenvalue weighted by molar-refractivity contribution is 7.80. The fourth-order valence-corrected chi connectivity index (χ4v) is 1.95. The predicted octanol–water partition coefficient (Wildman–Crippen LogP) is 4.42. The Kier molecular flexibility index (Phi) is 4.07. The van der Waals surface area contributed by atoms with Crippen molar-refractivity contribution < 1.29 is 4.74 Å². The first-order chi connectivity index (χ1) is 8.56. The van der Waals surface area contributed by atoms with Crippen LogP contribution in [0.1, 0.15) is 5.56 Å². The number of halogens is 2.